The number of aryl methyl sites for hydroxylation is 2. The minimum absolute atomic E-state index is 0.0401. The van der Waals surface area contributed by atoms with E-state index < -0.39 is 0 Å². The molecule has 0 aliphatic heterocycles. The zero-order valence-electron chi connectivity index (χ0n) is 12.3. The quantitative estimate of drug-likeness (QED) is 0.847. The van der Waals surface area contributed by atoms with E-state index in [2.05, 4.69) is 9.98 Å². The number of aliphatic imine (C=N–C) groups is 1. The van der Waals surface area contributed by atoms with Crippen LogP contribution in [0.3, 0.4) is 0 Å². The first kappa shape index (κ1) is 14.8. The maximum atomic E-state index is 11.9. The average molecular weight is 286 g/mol. The van der Waals surface area contributed by atoms with Gasteiger partial charge in [0.05, 0.1) is 13.7 Å². The Hall–Kier alpha value is -2.56. The topological polar surface area (TPSA) is 74.7 Å². The van der Waals surface area contributed by atoms with Gasteiger partial charge in [-0.15, -0.1) is 0 Å². The molecule has 2 rings (SSSR count). The van der Waals surface area contributed by atoms with Crippen molar-refractivity contribution in [2.24, 2.45) is 4.99 Å². The monoisotopic (exact) mass is 286 g/mol. The van der Waals surface area contributed by atoms with E-state index in [0.717, 1.165) is 11.3 Å². The van der Waals surface area contributed by atoms with Gasteiger partial charge < -0.3 is 14.8 Å². The maximum absolute atomic E-state index is 11.9. The molecule has 0 fully saturated rings. The summed E-state index contributed by atoms with van der Waals surface area (Å²) in [6.07, 6.45) is 1.54. The summed E-state index contributed by atoms with van der Waals surface area (Å²) in [7, 11) is 1.49. The molecule has 1 aromatic carbocycles. The second kappa shape index (κ2) is 6.26. The summed E-state index contributed by atoms with van der Waals surface area (Å²) in [5, 5.41) is 9.95. The van der Waals surface area contributed by atoms with Crippen LogP contribution in [0.15, 0.2) is 34.1 Å². The van der Waals surface area contributed by atoms with Crippen LogP contribution >= 0.6 is 0 Å². The van der Waals surface area contributed by atoms with Crippen LogP contribution in [-0.4, -0.2) is 23.4 Å². The van der Waals surface area contributed by atoms with Crippen LogP contribution in [0.4, 0.5) is 0 Å². The van der Waals surface area contributed by atoms with Gasteiger partial charge in [0.1, 0.15) is 0 Å². The van der Waals surface area contributed by atoms with E-state index in [1.807, 2.05) is 19.9 Å². The van der Waals surface area contributed by atoms with Crippen LogP contribution in [0.25, 0.3) is 0 Å². The standard InChI is InChI=1S/C16H18N2O3/c1-10-7-11(2)18-16(20)13(10)9-17-8-12-5-4-6-14(21-3)15(12)19/h4-8,19H,9H2,1-3H3,(H,18,20). The fourth-order valence-electron chi connectivity index (χ4n) is 2.12. The van der Waals surface area contributed by atoms with Crippen molar-refractivity contribution in [2.45, 2.75) is 20.4 Å². The number of nitrogens with one attached hydrogen (secondary N) is 1. The highest BCUT2D eigenvalue weighted by Gasteiger charge is 2.06. The number of nitrogens with zero attached hydrogens (tertiary/aromatic N) is 1. The average Bonchev–Trinajstić information content (AvgIpc) is 2.43. The summed E-state index contributed by atoms with van der Waals surface area (Å²) < 4.78 is 5.03. The van der Waals surface area contributed by atoms with Gasteiger partial charge in [-0.3, -0.25) is 9.79 Å². The zero-order chi connectivity index (χ0) is 15.4. The van der Waals surface area contributed by atoms with Gasteiger partial charge in [-0.1, -0.05) is 6.07 Å². The molecule has 5 nitrogen and oxygen atoms in total. The highest BCUT2D eigenvalue weighted by molar-refractivity contribution is 5.84. The number of hydrogen-bond acceptors (Lipinski definition) is 4. The number of methoxy groups -OCH3 is 1. The number of hydrogen-bond donors (Lipinski definition) is 2. The van der Waals surface area contributed by atoms with E-state index >= 15 is 0 Å². The number of rotatable bonds is 4. The number of phenolic OH excluding ortho intramolecular Hbond substituents is 1. The van der Waals surface area contributed by atoms with Gasteiger partial charge in [-0.25, -0.2) is 0 Å². The minimum Gasteiger partial charge on any atom is -0.504 e. The van der Waals surface area contributed by atoms with E-state index in [0.29, 0.717) is 16.9 Å². The molecule has 0 saturated carbocycles. The molecule has 0 aliphatic carbocycles. The first-order chi connectivity index (χ1) is 10.0. The number of aromatic amines is 1. The van der Waals surface area contributed by atoms with E-state index in [1.165, 1.54) is 13.3 Å². The first-order valence-electron chi connectivity index (χ1n) is 6.58. The number of H-pyrrole nitrogens is 1. The van der Waals surface area contributed by atoms with Crippen molar-refractivity contribution in [3.8, 4) is 11.5 Å². The molecule has 1 aromatic heterocycles. The van der Waals surface area contributed by atoms with Crippen molar-refractivity contribution >= 4 is 6.21 Å². The summed E-state index contributed by atoms with van der Waals surface area (Å²) in [6.45, 7) is 3.99. The molecule has 5 heteroatoms. The van der Waals surface area contributed by atoms with Gasteiger partial charge in [-0.2, -0.15) is 0 Å². The van der Waals surface area contributed by atoms with Crippen LogP contribution in [0.1, 0.15) is 22.4 Å². The summed E-state index contributed by atoms with van der Waals surface area (Å²) in [5.74, 6) is 0.432. The highest BCUT2D eigenvalue weighted by atomic mass is 16.5. The summed E-state index contributed by atoms with van der Waals surface area (Å²) in [6, 6.07) is 7.08. The molecule has 0 spiro atoms. The molecule has 1 heterocycles. The Morgan fingerprint density at radius 2 is 2.14 bits per heavy atom. The molecule has 0 aliphatic rings. The summed E-state index contributed by atoms with van der Waals surface area (Å²) in [5.41, 5.74) is 2.79. The second-order valence-corrected chi connectivity index (χ2v) is 4.81. The molecule has 2 N–H and O–H groups in total. The Balaban J connectivity index is 2.23. The number of pyridine rings is 1. The summed E-state index contributed by atoms with van der Waals surface area (Å²) >= 11 is 0. The lowest BCUT2D eigenvalue weighted by atomic mass is 10.1. The number of phenols is 1. The molecule has 0 unspecified atom stereocenters. The molecule has 0 atom stereocenters. The third-order valence-corrected chi connectivity index (χ3v) is 3.22. The molecule has 110 valence electrons. The van der Waals surface area contributed by atoms with Gasteiger partial charge in [0.15, 0.2) is 11.5 Å². The zero-order valence-corrected chi connectivity index (χ0v) is 12.3. The maximum Gasteiger partial charge on any atom is 0.253 e. The third kappa shape index (κ3) is 3.31. The van der Waals surface area contributed by atoms with Crippen molar-refractivity contribution in [3.63, 3.8) is 0 Å². The first-order valence-corrected chi connectivity index (χ1v) is 6.58. The van der Waals surface area contributed by atoms with Crippen LogP contribution in [0.5, 0.6) is 11.5 Å². The fourth-order valence-corrected chi connectivity index (χ4v) is 2.12. The Bertz CT molecular complexity index is 733. The van der Waals surface area contributed by atoms with Crippen molar-refractivity contribution in [3.05, 3.63) is 57.0 Å². The largest absolute Gasteiger partial charge is 0.504 e. The number of para-hydroxylation sites is 1. The molecule has 0 bridgehead atoms. The molecule has 0 radical (unpaired) electrons. The SMILES string of the molecule is COc1cccc(C=NCc2c(C)cc(C)[nH]c2=O)c1O. The number of benzene rings is 1. The van der Waals surface area contributed by atoms with Gasteiger partial charge in [0.25, 0.3) is 5.56 Å². The third-order valence-electron chi connectivity index (χ3n) is 3.22. The Morgan fingerprint density at radius 1 is 1.38 bits per heavy atom. The predicted molar refractivity (Wildman–Crippen MR) is 82.5 cm³/mol. The van der Waals surface area contributed by atoms with E-state index in [4.69, 9.17) is 4.74 Å². The van der Waals surface area contributed by atoms with Crippen LogP contribution < -0.4 is 10.3 Å². The molecule has 21 heavy (non-hydrogen) atoms. The molecular formula is C16H18N2O3. The van der Waals surface area contributed by atoms with Crippen molar-refractivity contribution in [2.75, 3.05) is 7.11 Å². The molecule has 0 saturated heterocycles. The Morgan fingerprint density at radius 3 is 2.81 bits per heavy atom. The van der Waals surface area contributed by atoms with Crippen LogP contribution in [0.2, 0.25) is 0 Å². The normalized spacial score (nSPS) is 11.0. The van der Waals surface area contributed by atoms with Crippen LogP contribution in [0, 0.1) is 13.8 Å². The van der Waals surface area contributed by atoms with E-state index in [1.54, 1.807) is 18.2 Å². The Labute approximate surface area is 122 Å². The van der Waals surface area contributed by atoms with Crippen molar-refractivity contribution < 1.29 is 9.84 Å². The van der Waals surface area contributed by atoms with E-state index in [9.17, 15) is 9.90 Å². The molecular weight excluding hydrogens is 268 g/mol. The summed E-state index contributed by atoms with van der Waals surface area (Å²) in [4.78, 5) is 18.9. The molecule has 0 amide bonds. The van der Waals surface area contributed by atoms with Crippen molar-refractivity contribution in [1.82, 2.24) is 4.98 Å². The second-order valence-electron chi connectivity index (χ2n) is 4.81. The Kier molecular flexibility index (Phi) is 4.42. The highest BCUT2D eigenvalue weighted by Crippen LogP contribution is 2.28. The van der Waals surface area contributed by atoms with Crippen LogP contribution in [-0.2, 0) is 6.54 Å². The van der Waals surface area contributed by atoms with Crippen molar-refractivity contribution in [1.29, 1.82) is 0 Å². The lowest BCUT2D eigenvalue weighted by Crippen LogP contribution is -2.15. The van der Waals surface area contributed by atoms with Gasteiger partial charge in [0.2, 0.25) is 0 Å². The number of aromatic nitrogens is 1. The smallest absolute Gasteiger partial charge is 0.253 e. The van der Waals surface area contributed by atoms with E-state index in [-0.39, 0.29) is 17.9 Å². The fraction of sp³-hybridized carbons (Fsp3) is 0.250. The van der Waals surface area contributed by atoms with Gasteiger partial charge in [0, 0.05) is 23.0 Å². The van der Waals surface area contributed by atoms with Gasteiger partial charge in [-0.05, 0) is 37.6 Å². The van der Waals surface area contributed by atoms with Gasteiger partial charge >= 0.3 is 0 Å². The number of ether oxygens (including phenoxy) is 1. The molecule has 2 aromatic rings. The lowest BCUT2D eigenvalue weighted by molar-refractivity contribution is 0.373. The lowest BCUT2D eigenvalue weighted by Gasteiger charge is -2.05. The predicted octanol–water partition coefficient (Wildman–Crippen LogP) is 2.33. The minimum atomic E-state index is -0.125. The number of aromatic hydroxyl groups is 1.